The molecule has 0 aliphatic heterocycles. The highest BCUT2D eigenvalue weighted by atomic mass is 16.5. The van der Waals surface area contributed by atoms with Gasteiger partial charge in [0.05, 0.1) is 17.8 Å². The van der Waals surface area contributed by atoms with E-state index in [1.165, 1.54) is 0 Å². The molecular weight excluding hydrogens is 220 g/mol. The number of rotatable bonds is 3. The summed E-state index contributed by atoms with van der Waals surface area (Å²) in [4.78, 5) is 11.6. The number of carbonyl (C=O) groups is 1. The molecule has 1 aromatic carbocycles. The average Bonchev–Trinajstić information content (AvgIpc) is 2.37. The number of nitrogen functional groups attached to an aromatic ring is 1. The molecule has 0 fully saturated rings. The van der Waals surface area contributed by atoms with E-state index in [4.69, 9.17) is 10.6 Å². The van der Waals surface area contributed by atoms with Gasteiger partial charge in [0.2, 0.25) is 0 Å². The van der Waals surface area contributed by atoms with E-state index in [-0.39, 0.29) is 12.3 Å². The molecule has 0 bridgehead atoms. The maximum absolute atomic E-state index is 11.6. The van der Waals surface area contributed by atoms with Crippen molar-refractivity contribution in [1.82, 2.24) is 10.2 Å². The zero-order chi connectivity index (χ0) is 12.3. The van der Waals surface area contributed by atoms with Gasteiger partial charge in [-0.3, -0.25) is 5.84 Å². The van der Waals surface area contributed by atoms with Gasteiger partial charge in [-0.1, -0.05) is 18.2 Å². The van der Waals surface area contributed by atoms with Gasteiger partial charge in [0, 0.05) is 5.39 Å². The first kappa shape index (κ1) is 11.3. The Labute approximate surface area is 97.8 Å². The normalized spacial score (nSPS) is 10.2. The number of benzene rings is 1. The number of hydrogen-bond acceptors (Lipinski definition) is 6. The first-order valence-corrected chi connectivity index (χ1v) is 5.17. The molecule has 3 N–H and O–H groups in total. The minimum Gasteiger partial charge on any atom is -0.461 e. The molecule has 88 valence electrons. The van der Waals surface area contributed by atoms with Gasteiger partial charge in [0.25, 0.3) is 0 Å². The first-order valence-electron chi connectivity index (χ1n) is 5.17. The quantitative estimate of drug-likeness (QED) is 0.467. The minimum atomic E-state index is -0.543. The van der Waals surface area contributed by atoms with Crippen LogP contribution in [0.3, 0.4) is 0 Å². The van der Waals surface area contributed by atoms with Gasteiger partial charge in [-0.25, -0.2) is 4.79 Å². The smallest absolute Gasteiger partial charge is 0.361 e. The Balaban J connectivity index is 2.60. The van der Waals surface area contributed by atoms with E-state index >= 15 is 0 Å². The van der Waals surface area contributed by atoms with Gasteiger partial charge in [-0.2, -0.15) is 0 Å². The molecule has 1 aromatic heterocycles. The summed E-state index contributed by atoms with van der Waals surface area (Å²) in [5.41, 5.74) is 3.65. The molecule has 2 rings (SSSR count). The van der Waals surface area contributed by atoms with E-state index in [1.807, 2.05) is 18.2 Å². The highest BCUT2D eigenvalue weighted by Crippen LogP contribution is 2.23. The van der Waals surface area contributed by atoms with Gasteiger partial charge < -0.3 is 10.2 Å². The van der Waals surface area contributed by atoms with Crippen LogP contribution in [0.4, 0.5) is 5.69 Å². The molecule has 0 atom stereocenters. The standard InChI is InChI=1S/C11H12N4O2/c1-2-17-11(16)10-9(13-12)7-5-3-4-6-8(7)14-15-10/h3-6H,2,12H2,1H3,(H,13,14). The Bertz CT molecular complexity index is 556. The van der Waals surface area contributed by atoms with Gasteiger partial charge in [-0.05, 0) is 13.0 Å². The predicted molar refractivity (Wildman–Crippen MR) is 63.3 cm³/mol. The molecular formula is C11H12N4O2. The third kappa shape index (κ3) is 2.02. The van der Waals surface area contributed by atoms with Crippen LogP contribution in [0, 0.1) is 0 Å². The molecule has 2 aromatic rings. The second-order valence-electron chi connectivity index (χ2n) is 3.31. The van der Waals surface area contributed by atoms with Crippen LogP contribution in [0.15, 0.2) is 24.3 Å². The maximum Gasteiger partial charge on any atom is 0.361 e. The molecule has 1 heterocycles. The molecule has 0 radical (unpaired) electrons. The lowest BCUT2D eigenvalue weighted by atomic mass is 10.1. The molecule has 0 amide bonds. The number of nitrogens with one attached hydrogen (secondary N) is 1. The Morgan fingerprint density at radius 2 is 2.18 bits per heavy atom. The van der Waals surface area contributed by atoms with Crippen molar-refractivity contribution in [1.29, 1.82) is 0 Å². The zero-order valence-electron chi connectivity index (χ0n) is 9.30. The second-order valence-corrected chi connectivity index (χ2v) is 3.31. The second kappa shape index (κ2) is 4.75. The first-order chi connectivity index (χ1) is 8.27. The SMILES string of the molecule is CCOC(=O)c1nnc2ccccc2c1NN. The van der Waals surface area contributed by atoms with Crippen molar-refractivity contribution in [3.63, 3.8) is 0 Å². The van der Waals surface area contributed by atoms with Crippen molar-refractivity contribution in [2.75, 3.05) is 12.0 Å². The number of hydrazine groups is 1. The van der Waals surface area contributed by atoms with E-state index in [0.29, 0.717) is 11.2 Å². The molecule has 17 heavy (non-hydrogen) atoms. The Morgan fingerprint density at radius 3 is 2.88 bits per heavy atom. The summed E-state index contributed by atoms with van der Waals surface area (Å²) in [6.45, 7) is 2.00. The van der Waals surface area contributed by atoms with E-state index < -0.39 is 5.97 Å². The molecule has 0 unspecified atom stereocenters. The number of fused-ring (bicyclic) bond motifs is 1. The largest absolute Gasteiger partial charge is 0.461 e. The lowest BCUT2D eigenvalue weighted by molar-refractivity contribution is 0.0519. The lowest BCUT2D eigenvalue weighted by Crippen LogP contribution is -2.16. The number of anilines is 1. The molecule has 0 saturated heterocycles. The maximum atomic E-state index is 11.6. The fourth-order valence-corrected chi connectivity index (χ4v) is 1.54. The van der Waals surface area contributed by atoms with E-state index in [9.17, 15) is 4.79 Å². The number of hydrogen-bond donors (Lipinski definition) is 2. The number of ether oxygens (including phenoxy) is 1. The topological polar surface area (TPSA) is 90.1 Å². The highest BCUT2D eigenvalue weighted by Gasteiger charge is 2.17. The fourth-order valence-electron chi connectivity index (χ4n) is 1.54. The molecule has 0 spiro atoms. The molecule has 6 nitrogen and oxygen atoms in total. The summed E-state index contributed by atoms with van der Waals surface area (Å²) in [6, 6.07) is 7.27. The third-order valence-electron chi connectivity index (χ3n) is 2.28. The zero-order valence-corrected chi connectivity index (χ0v) is 9.30. The van der Waals surface area contributed by atoms with E-state index in [2.05, 4.69) is 15.6 Å². The predicted octanol–water partition coefficient (Wildman–Crippen LogP) is 1.09. The molecule has 0 aliphatic rings. The van der Waals surface area contributed by atoms with Crippen LogP contribution >= 0.6 is 0 Å². The molecule has 0 saturated carbocycles. The number of esters is 1. The van der Waals surface area contributed by atoms with Gasteiger partial charge in [0.1, 0.15) is 0 Å². The Kier molecular flexibility index (Phi) is 3.15. The third-order valence-corrected chi connectivity index (χ3v) is 2.28. The van der Waals surface area contributed by atoms with Crippen molar-refractivity contribution in [3.05, 3.63) is 30.0 Å². The van der Waals surface area contributed by atoms with Crippen molar-refractivity contribution in [2.24, 2.45) is 5.84 Å². The molecule has 0 aliphatic carbocycles. The molecule has 6 heteroatoms. The van der Waals surface area contributed by atoms with Crippen molar-refractivity contribution < 1.29 is 9.53 Å². The summed E-state index contributed by atoms with van der Waals surface area (Å²) < 4.78 is 4.88. The fraction of sp³-hybridized carbons (Fsp3) is 0.182. The highest BCUT2D eigenvalue weighted by molar-refractivity contribution is 6.02. The van der Waals surface area contributed by atoms with Crippen LogP contribution in [0.2, 0.25) is 0 Å². The number of aromatic nitrogens is 2. The van der Waals surface area contributed by atoms with Crippen LogP contribution in [0.25, 0.3) is 10.9 Å². The average molecular weight is 232 g/mol. The summed E-state index contributed by atoms with van der Waals surface area (Å²) in [6.07, 6.45) is 0. The van der Waals surface area contributed by atoms with Gasteiger partial charge in [0.15, 0.2) is 5.69 Å². The Morgan fingerprint density at radius 1 is 1.41 bits per heavy atom. The van der Waals surface area contributed by atoms with Crippen LogP contribution < -0.4 is 11.3 Å². The number of nitrogens with two attached hydrogens (primary N) is 1. The van der Waals surface area contributed by atoms with Crippen LogP contribution in [0.1, 0.15) is 17.4 Å². The van der Waals surface area contributed by atoms with E-state index in [1.54, 1.807) is 13.0 Å². The van der Waals surface area contributed by atoms with E-state index in [0.717, 1.165) is 5.39 Å². The van der Waals surface area contributed by atoms with Gasteiger partial charge >= 0.3 is 5.97 Å². The van der Waals surface area contributed by atoms with Crippen LogP contribution in [0.5, 0.6) is 0 Å². The van der Waals surface area contributed by atoms with Gasteiger partial charge in [-0.15, -0.1) is 10.2 Å². The van der Waals surface area contributed by atoms with Crippen molar-refractivity contribution in [3.8, 4) is 0 Å². The summed E-state index contributed by atoms with van der Waals surface area (Å²) >= 11 is 0. The summed E-state index contributed by atoms with van der Waals surface area (Å²) in [5, 5.41) is 8.51. The number of carbonyl (C=O) groups excluding carboxylic acids is 1. The van der Waals surface area contributed by atoms with Crippen molar-refractivity contribution in [2.45, 2.75) is 6.92 Å². The number of nitrogens with zero attached hydrogens (tertiary/aromatic N) is 2. The summed E-state index contributed by atoms with van der Waals surface area (Å²) in [5.74, 6) is 4.88. The van der Waals surface area contributed by atoms with Crippen LogP contribution in [-0.2, 0) is 4.74 Å². The van der Waals surface area contributed by atoms with Crippen LogP contribution in [-0.4, -0.2) is 22.8 Å². The Hall–Kier alpha value is -2.21. The lowest BCUT2D eigenvalue weighted by Gasteiger charge is -2.09. The monoisotopic (exact) mass is 232 g/mol. The minimum absolute atomic E-state index is 0.0908. The van der Waals surface area contributed by atoms with Crippen molar-refractivity contribution >= 4 is 22.6 Å². The summed E-state index contributed by atoms with van der Waals surface area (Å²) in [7, 11) is 0.